The third-order valence-corrected chi connectivity index (χ3v) is 5.12. The molecule has 1 aliphatic rings. The molecule has 26 heavy (non-hydrogen) atoms. The first-order chi connectivity index (χ1) is 12.6. The van der Waals surface area contributed by atoms with Crippen LogP contribution in [0.15, 0.2) is 41.8 Å². The van der Waals surface area contributed by atoms with Crippen molar-refractivity contribution in [3.8, 4) is 5.82 Å². The second-order valence-corrected chi connectivity index (χ2v) is 7.70. The zero-order chi connectivity index (χ0) is 18.4. The van der Waals surface area contributed by atoms with Crippen LogP contribution in [0.25, 0.3) is 5.82 Å². The first-order valence-corrected chi connectivity index (χ1v) is 9.50. The molecule has 6 heteroatoms. The quantitative estimate of drug-likeness (QED) is 0.592. The average Bonchev–Trinajstić information content (AvgIpc) is 3.14. The summed E-state index contributed by atoms with van der Waals surface area (Å²) in [5.41, 5.74) is 1.60. The maximum absolute atomic E-state index is 4.38. The second-order valence-electron chi connectivity index (χ2n) is 7.70. The molecule has 1 aliphatic carbocycles. The summed E-state index contributed by atoms with van der Waals surface area (Å²) in [4.78, 5) is 8.75. The molecule has 0 bridgehead atoms. The number of rotatable bonds is 7. The Kier molecular flexibility index (Phi) is 5.91. The fraction of sp³-hybridized carbons (Fsp3) is 0.550. The lowest BCUT2D eigenvalue weighted by Crippen LogP contribution is -2.46. The molecule has 3 rings (SSSR count). The molecule has 0 saturated heterocycles. The lowest BCUT2D eigenvalue weighted by atomic mass is 9.64. The Labute approximate surface area is 156 Å². The van der Waals surface area contributed by atoms with Crippen LogP contribution in [0, 0.1) is 11.3 Å². The SMILES string of the molecule is CN=C(NCc1ccnc(-n2cccn2)c1)NCC1(CC(C)C)CCC1. The highest BCUT2D eigenvalue weighted by Crippen LogP contribution is 2.45. The van der Waals surface area contributed by atoms with E-state index >= 15 is 0 Å². The van der Waals surface area contributed by atoms with Crippen molar-refractivity contribution in [2.75, 3.05) is 13.6 Å². The number of guanidine groups is 1. The molecule has 0 atom stereocenters. The highest BCUT2D eigenvalue weighted by Gasteiger charge is 2.37. The standard InChI is InChI=1S/C20H30N6/c1-16(2)13-20(7-4-8-20)15-24-19(21-3)23-14-17-6-10-22-18(12-17)26-11-5-9-25-26/h5-6,9-12,16H,4,7-8,13-15H2,1-3H3,(H2,21,23,24). The van der Waals surface area contributed by atoms with Gasteiger partial charge in [-0.1, -0.05) is 20.3 Å². The van der Waals surface area contributed by atoms with Gasteiger partial charge >= 0.3 is 0 Å². The molecule has 1 saturated carbocycles. The normalized spacial score (nSPS) is 16.4. The number of aliphatic imine (C=N–C) groups is 1. The number of hydrogen-bond donors (Lipinski definition) is 2. The van der Waals surface area contributed by atoms with Gasteiger partial charge in [0.2, 0.25) is 0 Å². The summed E-state index contributed by atoms with van der Waals surface area (Å²) in [6.45, 7) is 6.33. The highest BCUT2D eigenvalue weighted by molar-refractivity contribution is 5.79. The fourth-order valence-corrected chi connectivity index (χ4v) is 3.77. The number of hydrogen-bond acceptors (Lipinski definition) is 3. The van der Waals surface area contributed by atoms with E-state index in [2.05, 4.69) is 39.6 Å². The van der Waals surface area contributed by atoms with Gasteiger partial charge in [-0.15, -0.1) is 0 Å². The Morgan fingerprint density at radius 3 is 2.77 bits per heavy atom. The second kappa shape index (κ2) is 8.34. The van der Waals surface area contributed by atoms with E-state index in [1.165, 1.54) is 25.7 Å². The van der Waals surface area contributed by atoms with E-state index in [4.69, 9.17) is 0 Å². The molecule has 0 amide bonds. The van der Waals surface area contributed by atoms with Gasteiger partial charge in [0.1, 0.15) is 0 Å². The van der Waals surface area contributed by atoms with Crippen LogP contribution in [0.2, 0.25) is 0 Å². The Bertz CT molecular complexity index is 716. The molecule has 0 aliphatic heterocycles. The third-order valence-electron chi connectivity index (χ3n) is 5.12. The summed E-state index contributed by atoms with van der Waals surface area (Å²) in [6, 6.07) is 5.95. The molecule has 2 N–H and O–H groups in total. The van der Waals surface area contributed by atoms with E-state index in [1.54, 1.807) is 10.9 Å². The lowest BCUT2D eigenvalue weighted by Gasteiger charge is -2.43. The predicted octanol–water partition coefficient (Wildman–Crippen LogP) is 3.15. The summed E-state index contributed by atoms with van der Waals surface area (Å²) in [6.07, 6.45) is 10.8. The van der Waals surface area contributed by atoms with Crippen LogP contribution < -0.4 is 10.6 Å². The van der Waals surface area contributed by atoms with Crippen molar-refractivity contribution in [2.45, 2.75) is 46.1 Å². The van der Waals surface area contributed by atoms with Gasteiger partial charge in [-0.2, -0.15) is 5.10 Å². The number of nitrogens with one attached hydrogen (secondary N) is 2. The summed E-state index contributed by atoms with van der Waals surface area (Å²) in [5.74, 6) is 2.42. The van der Waals surface area contributed by atoms with Crippen molar-refractivity contribution in [1.29, 1.82) is 0 Å². The van der Waals surface area contributed by atoms with Gasteiger partial charge in [0.05, 0.1) is 0 Å². The number of aromatic nitrogens is 3. The molecule has 0 aromatic carbocycles. The largest absolute Gasteiger partial charge is 0.356 e. The van der Waals surface area contributed by atoms with Crippen molar-refractivity contribution in [3.05, 3.63) is 42.4 Å². The van der Waals surface area contributed by atoms with Gasteiger partial charge in [-0.3, -0.25) is 4.99 Å². The first-order valence-electron chi connectivity index (χ1n) is 9.50. The molecule has 0 radical (unpaired) electrons. The van der Waals surface area contributed by atoms with Crippen molar-refractivity contribution < 1.29 is 0 Å². The summed E-state index contributed by atoms with van der Waals surface area (Å²) < 4.78 is 1.77. The van der Waals surface area contributed by atoms with Crippen LogP contribution >= 0.6 is 0 Å². The highest BCUT2D eigenvalue weighted by atomic mass is 15.3. The third kappa shape index (κ3) is 4.62. The summed E-state index contributed by atoms with van der Waals surface area (Å²) >= 11 is 0. The Morgan fingerprint density at radius 1 is 1.31 bits per heavy atom. The number of nitrogens with zero attached hydrogens (tertiary/aromatic N) is 4. The molecule has 0 spiro atoms. The van der Waals surface area contributed by atoms with E-state index in [1.807, 2.05) is 37.6 Å². The van der Waals surface area contributed by atoms with Crippen LogP contribution in [0.1, 0.15) is 45.1 Å². The maximum atomic E-state index is 4.38. The van der Waals surface area contributed by atoms with E-state index in [-0.39, 0.29) is 0 Å². The van der Waals surface area contributed by atoms with E-state index in [0.29, 0.717) is 12.0 Å². The Hall–Kier alpha value is -2.37. The fourth-order valence-electron chi connectivity index (χ4n) is 3.77. The van der Waals surface area contributed by atoms with Crippen LogP contribution in [0.3, 0.4) is 0 Å². The van der Waals surface area contributed by atoms with Crippen LogP contribution in [-0.2, 0) is 6.54 Å². The van der Waals surface area contributed by atoms with Crippen LogP contribution in [-0.4, -0.2) is 34.3 Å². The maximum Gasteiger partial charge on any atom is 0.191 e. The summed E-state index contributed by atoms with van der Waals surface area (Å²) in [5, 5.41) is 11.2. The minimum atomic E-state index is 0.454. The van der Waals surface area contributed by atoms with Gasteiger partial charge in [0.25, 0.3) is 0 Å². The van der Waals surface area contributed by atoms with Crippen LogP contribution in [0.5, 0.6) is 0 Å². The Balaban J connectivity index is 1.54. The zero-order valence-electron chi connectivity index (χ0n) is 16.1. The van der Waals surface area contributed by atoms with Crippen molar-refractivity contribution in [2.24, 2.45) is 16.3 Å². The van der Waals surface area contributed by atoms with Crippen LogP contribution in [0.4, 0.5) is 0 Å². The topological polar surface area (TPSA) is 67.1 Å². The van der Waals surface area contributed by atoms with E-state index in [0.717, 1.165) is 29.8 Å². The molecule has 140 valence electrons. The van der Waals surface area contributed by atoms with Gasteiger partial charge in [-0.25, -0.2) is 9.67 Å². The number of pyridine rings is 1. The molecule has 1 fully saturated rings. The molecular formula is C20H30N6. The molecule has 6 nitrogen and oxygen atoms in total. The van der Waals surface area contributed by atoms with Crippen molar-refractivity contribution >= 4 is 5.96 Å². The van der Waals surface area contributed by atoms with Gasteiger partial charge in [0.15, 0.2) is 11.8 Å². The van der Waals surface area contributed by atoms with Gasteiger partial charge in [0, 0.05) is 38.7 Å². The van der Waals surface area contributed by atoms with E-state index < -0.39 is 0 Å². The predicted molar refractivity (Wildman–Crippen MR) is 105 cm³/mol. The first kappa shape index (κ1) is 18.4. The van der Waals surface area contributed by atoms with Crippen molar-refractivity contribution in [3.63, 3.8) is 0 Å². The molecule has 2 aromatic heterocycles. The van der Waals surface area contributed by atoms with E-state index in [9.17, 15) is 0 Å². The minimum absolute atomic E-state index is 0.454. The smallest absolute Gasteiger partial charge is 0.191 e. The Morgan fingerprint density at radius 2 is 2.15 bits per heavy atom. The zero-order valence-corrected chi connectivity index (χ0v) is 16.1. The summed E-state index contributed by atoms with van der Waals surface area (Å²) in [7, 11) is 1.83. The van der Waals surface area contributed by atoms with Gasteiger partial charge < -0.3 is 10.6 Å². The lowest BCUT2D eigenvalue weighted by molar-refractivity contribution is 0.104. The van der Waals surface area contributed by atoms with Gasteiger partial charge in [-0.05, 0) is 54.4 Å². The molecule has 2 heterocycles. The monoisotopic (exact) mass is 354 g/mol. The molecule has 2 aromatic rings. The van der Waals surface area contributed by atoms with Crippen molar-refractivity contribution in [1.82, 2.24) is 25.4 Å². The molecular weight excluding hydrogens is 324 g/mol. The minimum Gasteiger partial charge on any atom is -0.356 e. The molecule has 0 unspecified atom stereocenters. The average molecular weight is 355 g/mol.